The molecule has 7 nitrogen and oxygen atoms in total. The van der Waals surface area contributed by atoms with Crippen LogP contribution in [-0.2, 0) is 4.79 Å². The van der Waals surface area contributed by atoms with Gasteiger partial charge in [0.2, 0.25) is 0 Å². The second kappa shape index (κ2) is 1.89. The highest BCUT2D eigenvalue weighted by molar-refractivity contribution is 6.47. The highest BCUT2D eigenvalue weighted by Crippen LogP contribution is 2.15. The van der Waals surface area contributed by atoms with Crippen LogP contribution in [-0.4, -0.2) is 29.7 Å². The van der Waals surface area contributed by atoms with Crippen molar-refractivity contribution in [3.05, 3.63) is 0 Å². The van der Waals surface area contributed by atoms with Crippen LogP contribution in [0, 0.1) is 0 Å². The van der Waals surface area contributed by atoms with Crippen LogP contribution in [0.3, 0.4) is 0 Å². The van der Waals surface area contributed by atoms with Crippen LogP contribution in [0.1, 0.15) is 0 Å². The van der Waals surface area contributed by atoms with Crippen molar-refractivity contribution in [1.82, 2.24) is 5.32 Å². The zero-order valence-corrected chi connectivity index (χ0v) is 5.98. The number of fused-ring (bicyclic) bond motifs is 1. The van der Waals surface area contributed by atoms with Crippen molar-refractivity contribution in [1.29, 1.82) is 0 Å². The van der Waals surface area contributed by atoms with Crippen molar-refractivity contribution in [3.63, 3.8) is 0 Å². The van der Waals surface area contributed by atoms with Gasteiger partial charge in [0.15, 0.2) is 11.7 Å². The molecule has 1 amide bonds. The fourth-order valence-corrected chi connectivity index (χ4v) is 1.03. The fraction of sp³-hybridized carbons (Fsp3) is 0.200. The van der Waals surface area contributed by atoms with Crippen molar-refractivity contribution in [2.24, 2.45) is 26.4 Å². The van der Waals surface area contributed by atoms with E-state index in [0.717, 1.165) is 0 Å². The number of hydrogen-bond acceptors (Lipinski definition) is 6. The summed E-state index contributed by atoms with van der Waals surface area (Å²) in [6.45, 7) is 0. The molecule has 2 rings (SSSR count). The molecule has 0 aromatic heterocycles. The van der Waals surface area contributed by atoms with Crippen LogP contribution >= 0.6 is 0 Å². The summed E-state index contributed by atoms with van der Waals surface area (Å²) in [7, 11) is 0. The first-order valence-corrected chi connectivity index (χ1v) is 3.19. The second-order valence-corrected chi connectivity index (χ2v) is 2.40. The van der Waals surface area contributed by atoms with Gasteiger partial charge in [-0.3, -0.25) is 15.8 Å². The molecule has 0 aromatic rings. The Hall–Kier alpha value is -1.76. The lowest BCUT2D eigenvalue weighted by Crippen LogP contribution is -2.58. The van der Waals surface area contributed by atoms with Crippen LogP contribution < -0.4 is 16.8 Å². The highest BCUT2D eigenvalue weighted by atomic mass is 16.2. The summed E-state index contributed by atoms with van der Waals surface area (Å²) in [6, 6.07) is 0. The van der Waals surface area contributed by atoms with Crippen LogP contribution in [0.4, 0.5) is 0 Å². The maximum absolute atomic E-state index is 11.1. The molecule has 12 heavy (non-hydrogen) atoms. The second-order valence-electron chi connectivity index (χ2n) is 2.40. The van der Waals surface area contributed by atoms with E-state index in [0.29, 0.717) is 0 Å². The predicted octanol–water partition coefficient (Wildman–Crippen LogP) is -2.47. The minimum absolute atomic E-state index is 0.0412. The molecule has 0 saturated heterocycles. The average Bonchev–Trinajstić information content (AvgIpc) is 2.29. The van der Waals surface area contributed by atoms with Crippen molar-refractivity contribution in [3.8, 4) is 0 Å². The van der Waals surface area contributed by atoms with Gasteiger partial charge >= 0.3 is 0 Å². The van der Waals surface area contributed by atoms with Crippen LogP contribution in [0.15, 0.2) is 15.0 Å². The normalized spacial score (nSPS) is 32.2. The average molecular weight is 166 g/mol. The van der Waals surface area contributed by atoms with E-state index in [1.165, 1.54) is 6.34 Å². The molecule has 0 fully saturated rings. The summed E-state index contributed by atoms with van der Waals surface area (Å²) in [6.07, 6.45) is 1.19. The quantitative estimate of drug-likeness (QED) is 0.370. The van der Waals surface area contributed by atoms with E-state index >= 15 is 0 Å². The van der Waals surface area contributed by atoms with Gasteiger partial charge < -0.3 is 5.73 Å². The van der Waals surface area contributed by atoms with Crippen LogP contribution in [0.5, 0.6) is 0 Å². The Morgan fingerprint density at radius 2 is 2.33 bits per heavy atom. The number of nitrogens with two attached hydrogens (primary N) is 2. The molecular weight excluding hydrogens is 160 g/mol. The number of hydrogen-bond donors (Lipinski definition) is 3. The lowest BCUT2D eigenvalue weighted by Gasteiger charge is -2.22. The van der Waals surface area contributed by atoms with Gasteiger partial charge in [0.1, 0.15) is 6.34 Å². The number of carbonyl (C=O) groups is 1. The third-order valence-electron chi connectivity index (χ3n) is 1.54. The Morgan fingerprint density at radius 1 is 1.58 bits per heavy atom. The van der Waals surface area contributed by atoms with E-state index in [1.54, 1.807) is 0 Å². The SMILES string of the molecule is NC1=NC2(N)N=CN=C2C(=O)N1. The first-order chi connectivity index (χ1) is 5.62. The third-order valence-corrected chi connectivity index (χ3v) is 1.54. The van der Waals surface area contributed by atoms with Gasteiger partial charge in [-0.2, -0.15) is 0 Å². The third kappa shape index (κ3) is 0.735. The number of amides is 1. The maximum Gasteiger partial charge on any atom is 0.278 e. The number of carbonyl (C=O) groups excluding carboxylic acids is 1. The molecule has 2 aliphatic heterocycles. The summed E-state index contributed by atoms with van der Waals surface area (Å²) in [5.41, 5.74) is 10.9. The van der Waals surface area contributed by atoms with E-state index in [9.17, 15) is 4.79 Å². The molecule has 62 valence electrons. The van der Waals surface area contributed by atoms with Gasteiger partial charge in [0, 0.05) is 0 Å². The van der Waals surface area contributed by atoms with Gasteiger partial charge in [-0.25, -0.2) is 15.0 Å². The molecule has 0 aromatic carbocycles. The van der Waals surface area contributed by atoms with E-state index in [-0.39, 0.29) is 11.7 Å². The molecule has 0 spiro atoms. The minimum atomic E-state index is -1.40. The topological polar surface area (TPSA) is 118 Å². The van der Waals surface area contributed by atoms with Gasteiger partial charge in [-0.1, -0.05) is 0 Å². The Balaban J connectivity index is 2.54. The van der Waals surface area contributed by atoms with E-state index in [1.807, 2.05) is 0 Å². The summed E-state index contributed by atoms with van der Waals surface area (Å²) in [5.74, 6) is -1.89. The summed E-state index contributed by atoms with van der Waals surface area (Å²) in [5, 5.41) is 2.27. The fourth-order valence-electron chi connectivity index (χ4n) is 1.03. The predicted molar refractivity (Wildman–Crippen MR) is 42.6 cm³/mol. The Kier molecular flexibility index (Phi) is 1.09. The van der Waals surface area contributed by atoms with Gasteiger partial charge in [-0.15, -0.1) is 0 Å². The molecule has 7 heteroatoms. The Labute approximate surface area is 67.3 Å². The zero-order valence-electron chi connectivity index (χ0n) is 5.98. The summed E-state index contributed by atoms with van der Waals surface area (Å²) in [4.78, 5) is 22.2. The molecule has 2 aliphatic rings. The number of guanidine groups is 1. The molecule has 2 heterocycles. The first-order valence-electron chi connectivity index (χ1n) is 3.19. The molecule has 0 aliphatic carbocycles. The van der Waals surface area contributed by atoms with Gasteiger partial charge in [0.05, 0.1) is 0 Å². The first kappa shape index (κ1) is 6.92. The summed E-state index contributed by atoms with van der Waals surface area (Å²) < 4.78 is 0. The van der Waals surface area contributed by atoms with Crippen molar-refractivity contribution in [2.45, 2.75) is 5.79 Å². The smallest absolute Gasteiger partial charge is 0.278 e. The van der Waals surface area contributed by atoms with Crippen LogP contribution in [0.25, 0.3) is 0 Å². The molecular formula is C5H6N6O. The maximum atomic E-state index is 11.1. The molecule has 0 radical (unpaired) electrons. The number of nitrogens with one attached hydrogen (secondary N) is 1. The molecule has 1 unspecified atom stereocenters. The lowest BCUT2D eigenvalue weighted by molar-refractivity contribution is -0.114. The molecule has 0 saturated carbocycles. The van der Waals surface area contributed by atoms with Crippen molar-refractivity contribution in [2.75, 3.05) is 0 Å². The van der Waals surface area contributed by atoms with Crippen molar-refractivity contribution < 1.29 is 4.79 Å². The molecule has 1 atom stereocenters. The van der Waals surface area contributed by atoms with E-state index in [4.69, 9.17) is 11.5 Å². The Morgan fingerprint density at radius 3 is 3.08 bits per heavy atom. The van der Waals surface area contributed by atoms with Gasteiger partial charge in [0.25, 0.3) is 11.7 Å². The van der Waals surface area contributed by atoms with E-state index in [2.05, 4.69) is 20.3 Å². The van der Waals surface area contributed by atoms with Crippen LogP contribution in [0.2, 0.25) is 0 Å². The lowest BCUT2D eigenvalue weighted by atomic mass is 10.2. The highest BCUT2D eigenvalue weighted by Gasteiger charge is 2.41. The Bertz CT molecular complexity index is 342. The number of nitrogens with zero attached hydrogens (tertiary/aromatic N) is 3. The van der Waals surface area contributed by atoms with Gasteiger partial charge in [-0.05, 0) is 0 Å². The number of aliphatic imine (C=N–C) groups is 3. The largest absolute Gasteiger partial charge is 0.369 e. The summed E-state index contributed by atoms with van der Waals surface area (Å²) >= 11 is 0. The standard InChI is InChI=1S/C5H6N6O/c6-4-10-3(12)2-5(7,11-4)9-1-8-2/h1H,7H2,(H3,6,10,11,12). The minimum Gasteiger partial charge on any atom is -0.369 e. The zero-order chi connectivity index (χ0) is 8.77. The molecule has 0 bridgehead atoms. The molecule has 5 N–H and O–H groups in total. The van der Waals surface area contributed by atoms with Crippen molar-refractivity contribution >= 4 is 23.9 Å². The van der Waals surface area contributed by atoms with E-state index < -0.39 is 11.7 Å². The monoisotopic (exact) mass is 166 g/mol. The number of rotatable bonds is 0.